The van der Waals surface area contributed by atoms with Gasteiger partial charge >= 0.3 is 0 Å². The summed E-state index contributed by atoms with van der Waals surface area (Å²) in [5.74, 6) is 1.08. The third-order valence-corrected chi connectivity index (χ3v) is 3.50. The summed E-state index contributed by atoms with van der Waals surface area (Å²) in [6.45, 7) is 2.10. The van der Waals surface area contributed by atoms with Gasteiger partial charge in [-0.25, -0.2) is 4.98 Å². The number of hydrogen-bond donors (Lipinski definition) is 0. The smallest absolute Gasteiger partial charge is 0.117 e. The van der Waals surface area contributed by atoms with Crippen LogP contribution in [0.1, 0.15) is 17.0 Å². The molecule has 18 heavy (non-hydrogen) atoms. The van der Waals surface area contributed by atoms with Crippen LogP contribution in [0.2, 0.25) is 0 Å². The number of rotatable bonds is 2. The first kappa shape index (κ1) is 11.5. The number of benzene rings is 1. The number of nitrogens with zero attached hydrogens (tertiary/aromatic N) is 2. The largest absolute Gasteiger partial charge is 0.303 e. The third kappa shape index (κ3) is 2.18. The summed E-state index contributed by atoms with van der Waals surface area (Å²) < 4.78 is 3.27. The van der Waals surface area contributed by atoms with E-state index in [-0.39, 0.29) is 0 Å². The lowest BCUT2D eigenvalue weighted by molar-refractivity contribution is 0.955. The van der Waals surface area contributed by atoms with Gasteiger partial charge < -0.3 is 4.40 Å². The molecule has 0 saturated carbocycles. The lowest BCUT2D eigenvalue weighted by Gasteiger charge is -2.03. The predicted octanol–water partition coefficient (Wildman–Crippen LogP) is 4.00. The topological polar surface area (TPSA) is 17.3 Å². The second-order valence-corrected chi connectivity index (χ2v) is 5.40. The van der Waals surface area contributed by atoms with Gasteiger partial charge in [0.15, 0.2) is 0 Å². The Balaban J connectivity index is 2.02. The molecule has 0 atom stereocenters. The number of halogens is 1. The van der Waals surface area contributed by atoms with Gasteiger partial charge in [-0.05, 0) is 36.2 Å². The lowest BCUT2D eigenvalue weighted by Crippen LogP contribution is -1.96. The van der Waals surface area contributed by atoms with Gasteiger partial charge in [-0.15, -0.1) is 0 Å². The summed E-state index contributed by atoms with van der Waals surface area (Å²) in [5.41, 5.74) is 3.65. The second-order valence-electron chi connectivity index (χ2n) is 4.48. The zero-order chi connectivity index (χ0) is 12.5. The van der Waals surface area contributed by atoms with E-state index in [4.69, 9.17) is 0 Å². The van der Waals surface area contributed by atoms with E-state index in [0.717, 1.165) is 22.2 Å². The minimum absolute atomic E-state index is 0.844. The van der Waals surface area contributed by atoms with Crippen LogP contribution in [0.5, 0.6) is 0 Å². The van der Waals surface area contributed by atoms with Gasteiger partial charge in [-0.2, -0.15) is 0 Å². The van der Waals surface area contributed by atoms with Gasteiger partial charge in [0.25, 0.3) is 0 Å². The molecule has 0 radical (unpaired) electrons. The molecule has 0 aliphatic heterocycles. The van der Waals surface area contributed by atoms with E-state index in [9.17, 15) is 0 Å². The van der Waals surface area contributed by atoms with Crippen molar-refractivity contribution in [3.63, 3.8) is 0 Å². The van der Waals surface area contributed by atoms with Gasteiger partial charge in [0, 0.05) is 17.1 Å². The fourth-order valence-electron chi connectivity index (χ4n) is 2.11. The molecular weight excluding hydrogens is 288 g/mol. The Morgan fingerprint density at radius 3 is 2.94 bits per heavy atom. The number of fused-ring (bicyclic) bond motifs is 1. The van der Waals surface area contributed by atoms with Crippen LogP contribution in [0.25, 0.3) is 5.52 Å². The maximum atomic E-state index is 4.51. The number of hydrogen-bond acceptors (Lipinski definition) is 1. The highest BCUT2D eigenvalue weighted by molar-refractivity contribution is 9.10. The average Bonchev–Trinajstić information content (AvgIpc) is 2.72. The molecule has 0 fully saturated rings. The van der Waals surface area contributed by atoms with Crippen molar-refractivity contribution in [2.24, 2.45) is 0 Å². The Morgan fingerprint density at radius 1 is 1.22 bits per heavy atom. The van der Waals surface area contributed by atoms with Gasteiger partial charge in [0.1, 0.15) is 5.82 Å². The summed E-state index contributed by atoms with van der Waals surface area (Å²) in [4.78, 5) is 4.51. The van der Waals surface area contributed by atoms with Crippen molar-refractivity contribution < 1.29 is 0 Å². The highest BCUT2D eigenvalue weighted by Crippen LogP contribution is 2.16. The van der Waals surface area contributed by atoms with Crippen molar-refractivity contribution in [3.05, 3.63) is 70.2 Å². The molecule has 0 saturated heterocycles. The summed E-state index contributed by atoms with van der Waals surface area (Å²) in [5, 5.41) is 0. The van der Waals surface area contributed by atoms with Crippen LogP contribution >= 0.6 is 15.9 Å². The van der Waals surface area contributed by atoms with Crippen LogP contribution in [-0.2, 0) is 6.42 Å². The molecule has 2 aromatic heterocycles. The monoisotopic (exact) mass is 300 g/mol. The van der Waals surface area contributed by atoms with Gasteiger partial charge in [0.05, 0.1) is 11.7 Å². The molecule has 2 nitrogen and oxygen atoms in total. The summed E-state index contributed by atoms with van der Waals surface area (Å²) in [6, 6.07) is 12.6. The minimum atomic E-state index is 0.844. The highest BCUT2D eigenvalue weighted by atomic mass is 79.9. The first-order valence-electron chi connectivity index (χ1n) is 5.89. The number of pyridine rings is 1. The van der Waals surface area contributed by atoms with Gasteiger partial charge in [-0.3, -0.25) is 0 Å². The fraction of sp³-hybridized carbons (Fsp3) is 0.133. The highest BCUT2D eigenvalue weighted by Gasteiger charge is 2.05. The summed E-state index contributed by atoms with van der Waals surface area (Å²) >= 11 is 3.50. The molecule has 0 aliphatic carbocycles. The molecule has 3 heteroatoms. The Hall–Kier alpha value is -1.61. The quantitative estimate of drug-likeness (QED) is 0.699. The molecule has 0 aliphatic rings. The van der Waals surface area contributed by atoms with Crippen molar-refractivity contribution >= 4 is 21.4 Å². The van der Waals surface area contributed by atoms with E-state index in [1.54, 1.807) is 0 Å². The molecule has 0 spiro atoms. The third-order valence-electron chi connectivity index (χ3n) is 3.00. The van der Waals surface area contributed by atoms with Crippen LogP contribution in [0, 0.1) is 6.92 Å². The van der Waals surface area contributed by atoms with E-state index < -0.39 is 0 Å². The summed E-state index contributed by atoms with van der Waals surface area (Å²) in [7, 11) is 0. The molecule has 3 rings (SSSR count). The van der Waals surface area contributed by atoms with Crippen LogP contribution in [0.3, 0.4) is 0 Å². The lowest BCUT2D eigenvalue weighted by atomic mass is 10.1. The summed E-state index contributed by atoms with van der Waals surface area (Å²) in [6.07, 6.45) is 4.90. The van der Waals surface area contributed by atoms with Crippen molar-refractivity contribution in [1.82, 2.24) is 9.38 Å². The number of imidazole rings is 1. The maximum absolute atomic E-state index is 4.51. The molecule has 1 aromatic carbocycles. The number of aromatic nitrogens is 2. The van der Waals surface area contributed by atoms with Crippen LogP contribution in [-0.4, -0.2) is 9.38 Å². The SMILES string of the molecule is Cc1ccc2cnc(Cc3cccc(Br)c3)n2c1. The number of aryl methyl sites for hydroxylation is 1. The average molecular weight is 301 g/mol. The molecular formula is C15H13BrN2. The first-order valence-corrected chi connectivity index (χ1v) is 6.69. The van der Waals surface area contributed by atoms with Crippen molar-refractivity contribution in [2.45, 2.75) is 13.3 Å². The molecule has 2 heterocycles. The van der Waals surface area contributed by atoms with E-state index in [1.807, 2.05) is 12.3 Å². The molecule has 90 valence electrons. The Bertz CT molecular complexity index is 701. The zero-order valence-electron chi connectivity index (χ0n) is 10.1. The van der Waals surface area contributed by atoms with E-state index >= 15 is 0 Å². The van der Waals surface area contributed by atoms with E-state index in [2.05, 4.69) is 68.8 Å². The molecule has 0 bridgehead atoms. The minimum Gasteiger partial charge on any atom is -0.303 e. The molecule has 0 unspecified atom stereocenters. The Kier molecular flexibility index (Phi) is 2.92. The molecule has 3 aromatic rings. The predicted molar refractivity (Wildman–Crippen MR) is 76.9 cm³/mol. The standard InChI is InChI=1S/C15H13BrN2/c1-11-5-6-14-9-17-15(18(14)10-11)8-12-3-2-4-13(16)7-12/h2-7,9-10H,8H2,1H3. The Labute approximate surface area is 114 Å². The van der Waals surface area contributed by atoms with Crippen LogP contribution in [0.15, 0.2) is 53.3 Å². The van der Waals surface area contributed by atoms with E-state index in [1.165, 1.54) is 11.1 Å². The zero-order valence-corrected chi connectivity index (χ0v) is 11.7. The molecule has 0 amide bonds. The normalized spacial score (nSPS) is 11.0. The van der Waals surface area contributed by atoms with E-state index in [0.29, 0.717) is 0 Å². The first-order chi connectivity index (χ1) is 8.72. The van der Waals surface area contributed by atoms with Crippen molar-refractivity contribution in [3.8, 4) is 0 Å². The Morgan fingerprint density at radius 2 is 2.11 bits per heavy atom. The van der Waals surface area contributed by atoms with Crippen LogP contribution < -0.4 is 0 Å². The van der Waals surface area contributed by atoms with Gasteiger partial charge in [-0.1, -0.05) is 34.1 Å². The maximum Gasteiger partial charge on any atom is 0.117 e. The second kappa shape index (κ2) is 4.58. The van der Waals surface area contributed by atoms with Crippen LogP contribution in [0.4, 0.5) is 0 Å². The van der Waals surface area contributed by atoms with Crippen molar-refractivity contribution in [2.75, 3.05) is 0 Å². The van der Waals surface area contributed by atoms with Crippen molar-refractivity contribution in [1.29, 1.82) is 0 Å². The van der Waals surface area contributed by atoms with Gasteiger partial charge in [0.2, 0.25) is 0 Å². The molecule has 0 N–H and O–H groups in total. The fourth-order valence-corrected chi connectivity index (χ4v) is 2.56.